The lowest BCUT2D eigenvalue weighted by Gasteiger charge is -2.10. The van der Waals surface area contributed by atoms with Gasteiger partial charge in [0, 0.05) is 36.3 Å². The van der Waals surface area contributed by atoms with Crippen molar-refractivity contribution < 1.29 is 4.79 Å². The van der Waals surface area contributed by atoms with Crippen molar-refractivity contribution in [3.8, 4) is 11.3 Å². The Morgan fingerprint density at radius 2 is 2.00 bits per heavy atom. The summed E-state index contributed by atoms with van der Waals surface area (Å²) < 4.78 is 0. The molecule has 0 aromatic carbocycles. The molecule has 0 aliphatic carbocycles. The Labute approximate surface area is 146 Å². The van der Waals surface area contributed by atoms with Crippen molar-refractivity contribution >= 4 is 42.1 Å². The molecule has 1 atom stereocenters. The summed E-state index contributed by atoms with van der Waals surface area (Å²) in [6, 6.07) is 3.78. The number of carbonyl (C=O) groups is 1. The third-order valence-electron chi connectivity index (χ3n) is 2.85. The molecule has 2 aromatic rings. The predicted molar refractivity (Wildman–Crippen MR) is 94.9 cm³/mol. The summed E-state index contributed by atoms with van der Waals surface area (Å²) in [6.07, 6.45) is 3.97. The number of hydrogen-bond donors (Lipinski definition) is 2. The average Bonchev–Trinajstić information content (AvgIpc) is 2.96. The van der Waals surface area contributed by atoms with E-state index < -0.39 is 0 Å². The molecule has 1 amide bonds. The molecule has 0 saturated heterocycles. The Morgan fingerprint density at radius 3 is 2.64 bits per heavy atom. The second kappa shape index (κ2) is 10.5. The maximum Gasteiger partial charge on any atom is 0.221 e. The van der Waals surface area contributed by atoms with E-state index in [0.717, 1.165) is 16.3 Å². The quantitative estimate of drug-likeness (QED) is 0.828. The smallest absolute Gasteiger partial charge is 0.221 e. The van der Waals surface area contributed by atoms with Crippen molar-refractivity contribution in [2.45, 2.75) is 19.4 Å². The zero-order valence-electron chi connectivity index (χ0n) is 12.4. The highest BCUT2D eigenvalue weighted by Gasteiger charge is 2.13. The summed E-state index contributed by atoms with van der Waals surface area (Å²) in [7, 11) is 1.83. The first-order valence-electron chi connectivity index (χ1n) is 6.50. The van der Waals surface area contributed by atoms with Gasteiger partial charge >= 0.3 is 0 Å². The number of hydrogen-bond acceptors (Lipinski definition) is 5. The molecule has 0 saturated carbocycles. The third kappa shape index (κ3) is 5.88. The second-order valence-electron chi connectivity index (χ2n) is 4.45. The number of aromatic nitrogens is 2. The maximum absolute atomic E-state index is 11.7. The summed E-state index contributed by atoms with van der Waals surface area (Å²) >= 11 is 1.56. The summed E-state index contributed by atoms with van der Waals surface area (Å²) in [6.45, 7) is 2.63. The van der Waals surface area contributed by atoms with Crippen LogP contribution in [0, 0.1) is 0 Å². The van der Waals surface area contributed by atoms with Crippen LogP contribution in [0.5, 0.6) is 0 Å². The molecular weight excluding hydrogens is 343 g/mol. The molecule has 2 rings (SSSR count). The summed E-state index contributed by atoms with van der Waals surface area (Å²) in [5.41, 5.74) is 1.96. The van der Waals surface area contributed by atoms with Crippen LogP contribution >= 0.6 is 36.2 Å². The lowest BCUT2D eigenvalue weighted by molar-refractivity contribution is -0.121. The van der Waals surface area contributed by atoms with Crippen LogP contribution in [0.2, 0.25) is 0 Å². The van der Waals surface area contributed by atoms with Crippen LogP contribution in [0.15, 0.2) is 29.9 Å². The lowest BCUT2D eigenvalue weighted by atomic mass is 10.2. The van der Waals surface area contributed by atoms with Crippen LogP contribution in [0.25, 0.3) is 11.3 Å². The number of halogens is 2. The molecule has 0 bridgehead atoms. The molecule has 0 spiro atoms. The summed E-state index contributed by atoms with van der Waals surface area (Å²) in [4.78, 5) is 20.2. The topological polar surface area (TPSA) is 66.9 Å². The van der Waals surface area contributed by atoms with Crippen molar-refractivity contribution in [2.75, 3.05) is 13.6 Å². The molecule has 2 aromatic heterocycles. The molecule has 0 aliphatic heterocycles. The lowest BCUT2D eigenvalue weighted by Crippen LogP contribution is -2.28. The minimum atomic E-state index is -0.0695. The van der Waals surface area contributed by atoms with E-state index in [9.17, 15) is 4.79 Å². The van der Waals surface area contributed by atoms with Crippen molar-refractivity contribution in [3.05, 3.63) is 34.9 Å². The molecule has 0 aliphatic rings. The van der Waals surface area contributed by atoms with Gasteiger partial charge < -0.3 is 10.6 Å². The van der Waals surface area contributed by atoms with E-state index in [4.69, 9.17) is 0 Å². The van der Waals surface area contributed by atoms with Crippen molar-refractivity contribution in [3.63, 3.8) is 0 Å². The highest BCUT2D eigenvalue weighted by Crippen LogP contribution is 2.24. The second-order valence-corrected chi connectivity index (χ2v) is 5.34. The Morgan fingerprint density at radius 1 is 1.32 bits per heavy atom. The molecule has 1 unspecified atom stereocenters. The van der Waals surface area contributed by atoms with Gasteiger partial charge in [-0.3, -0.25) is 9.78 Å². The highest BCUT2D eigenvalue weighted by atomic mass is 35.5. The van der Waals surface area contributed by atoms with Crippen LogP contribution in [0.3, 0.4) is 0 Å². The van der Waals surface area contributed by atoms with Crippen molar-refractivity contribution in [2.24, 2.45) is 0 Å². The molecule has 22 heavy (non-hydrogen) atoms. The first kappa shape index (κ1) is 20.8. The van der Waals surface area contributed by atoms with E-state index in [1.54, 1.807) is 23.7 Å². The maximum atomic E-state index is 11.7. The van der Waals surface area contributed by atoms with Crippen molar-refractivity contribution in [1.29, 1.82) is 0 Å². The molecule has 8 heteroatoms. The van der Waals surface area contributed by atoms with E-state index in [1.807, 2.05) is 31.5 Å². The van der Waals surface area contributed by atoms with E-state index in [0.29, 0.717) is 13.0 Å². The first-order valence-corrected chi connectivity index (χ1v) is 7.38. The first-order chi connectivity index (χ1) is 9.70. The molecule has 2 heterocycles. The molecule has 0 radical (unpaired) electrons. The monoisotopic (exact) mass is 362 g/mol. The normalized spacial score (nSPS) is 11.0. The number of thiazole rings is 1. The Hall–Kier alpha value is -1.21. The van der Waals surface area contributed by atoms with Crippen LogP contribution in [0.1, 0.15) is 24.4 Å². The predicted octanol–water partition coefficient (Wildman–Crippen LogP) is 2.84. The van der Waals surface area contributed by atoms with Gasteiger partial charge in [0.15, 0.2) is 0 Å². The van der Waals surface area contributed by atoms with Crippen LogP contribution in [0.4, 0.5) is 0 Å². The zero-order valence-corrected chi connectivity index (χ0v) is 14.9. The van der Waals surface area contributed by atoms with Crippen molar-refractivity contribution in [1.82, 2.24) is 20.6 Å². The fourth-order valence-electron chi connectivity index (χ4n) is 1.76. The van der Waals surface area contributed by atoms with Gasteiger partial charge in [0.2, 0.25) is 5.91 Å². The van der Waals surface area contributed by atoms with E-state index in [1.165, 1.54) is 0 Å². The largest absolute Gasteiger partial charge is 0.347 e. The number of rotatable bonds is 6. The average molecular weight is 363 g/mol. The minimum Gasteiger partial charge on any atom is -0.347 e. The third-order valence-corrected chi connectivity index (χ3v) is 3.88. The highest BCUT2D eigenvalue weighted by molar-refractivity contribution is 7.10. The van der Waals surface area contributed by atoms with E-state index in [2.05, 4.69) is 20.6 Å². The fraction of sp³-hybridized carbons (Fsp3) is 0.357. The van der Waals surface area contributed by atoms with Crippen LogP contribution in [-0.4, -0.2) is 29.5 Å². The van der Waals surface area contributed by atoms with Gasteiger partial charge in [0.25, 0.3) is 0 Å². The van der Waals surface area contributed by atoms with Gasteiger partial charge in [0.1, 0.15) is 5.01 Å². The standard InChI is InChI=1S/C14H18N4OS.2ClH/c1-10(17-13(19)5-6-15-2)14-18-12(9-20-14)11-3-7-16-8-4-11;;/h3-4,7-10,15H,5-6H2,1-2H3,(H,17,19);2*1H. The zero-order chi connectivity index (χ0) is 14.4. The number of amides is 1. The van der Waals surface area contributed by atoms with Gasteiger partial charge in [-0.25, -0.2) is 4.98 Å². The van der Waals surface area contributed by atoms with Gasteiger partial charge in [-0.1, -0.05) is 0 Å². The molecular formula is C14H20Cl2N4OS. The number of carbonyl (C=O) groups excluding carboxylic acids is 1. The van der Waals surface area contributed by atoms with Gasteiger partial charge in [0.05, 0.1) is 11.7 Å². The SMILES string of the molecule is CNCCC(=O)NC(C)c1nc(-c2ccncc2)cs1.Cl.Cl. The number of pyridine rings is 1. The van der Waals surface area contributed by atoms with Gasteiger partial charge in [-0.15, -0.1) is 36.2 Å². The molecule has 0 fully saturated rings. The minimum absolute atomic E-state index is 0. The van der Waals surface area contributed by atoms with Crippen LogP contribution < -0.4 is 10.6 Å². The summed E-state index contributed by atoms with van der Waals surface area (Å²) in [5, 5.41) is 8.82. The fourth-order valence-corrected chi connectivity index (χ4v) is 2.59. The molecule has 5 nitrogen and oxygen atoms in total. The van der Waals surface area contributed by atoms with Gasteiger partial charge in [-0.2, -0.15) is 0 Å². The van der Waals surface area contributed by atoms with E-state index >= 15 is 0 Å². The van der Waals surface area contributed by atoms with Gasteiger partial charge in [-0.05, 0) is 26.1 Å². The van der Waals surface area contributed by atoms with Crippen LogP contribution in [-0.2, 0) is 4.79 Å². The Kier molecular flexibility index (Phi) is 9.93. The molecule has 122 valence electrons. The Balaban J connectivity index is 0.00000220. The number of nitrogens with one attached hydrogen (secondary N) is 2. The summed E-state index contributed by atoms with van der Waals surface area (Å²) in [5.74, 6) is 0.0347. The van der Waals surface area contributed by atoms with E-state index in [-0.39, 0.29) is 36.8 Å². The Bertz CT molecular complexity index is 565. The molecule has 2 N–H and O–H groups in total. The number of nitrogens with zero attached hydrogens (tertiary/aromatic N) is 2.